The summed E-state index contributed by atoms with van der Waals surface area (Å²) in [6.07, 6.45) is -0.616. The molecular formula is C5H9NO6S. The normalized spacial score (nSPS) is 13.6. The number of amides is 1. The van der Waals surface area contributed by atoms with Gasteiger partial charge in [-0.3, -0.25) is 14.1 Å². The molecule has 0 spiro atoms. The van der Waals surface area contributed by atoms with Crippen molar-refractivity contribution in [1.82, 2.24) is 0 Å². The Morgan fingerprint density at radius 1 is 1.38 bits per heavy atom. The fourth-order valence-corrected chi connectivity index (χ4v) is 1.48. The van der Waals surface area contributed by atoms with Crippen molar-refractivity contribution < 1.29 is 27.7 Å². The molecule has 0 aliphatic carbocycles. The Morgan fingerprint density at radius 3 is 2.08 bits per heavy atom. The number of hydrogen-bond acceptors (Lipinski definition) is 4. The average Bonchev–Trinajstić information content (AvgIpc) is 1.81. The van der Waals surface area contributed by atoms with E-state index >= 15 is 0 Å². The number of carboxylic acids is 1. The van der Waals surface area contributed by atoms with Crippen molar-refractivity contribution in [3.05, 3.63) is 0 Å². The molecule has 0 fully saturated rings. The molecule has 0 aliphatic rings. The van der Waals surface area contributed by atoms with Crippen molar-refractivity contribution >= 4 is 22.0 Å². The Balaban J connectivity index is 4.45. The largest absolute Gasteiger partial charge is 0.481 e. The SMILES string of the molecule is NC(=O)C[C@H](CS(=O)(=O)O)C(=O)O. The summed E-state index contributed by atoms with van der Waals surface area (Å²) in [4.78, 5) is 20.6. The van der Waals surface area contributed by atoms with E-state index in [2.05, 4.69) is 5.73 Å². The molecule has 0 bridgehead atoms. The Morgan fingerprint density at radius 2 is 1.85 bits per heavy atom. The molecule has 0 saturated carbocycles. The lowest BCUT2D eigenvalue weighted by Crippen LogP contribution is -2.28. The molecular weight excluding hydrogens is 202 g/mol. The smallest absolute Gasteiger partial charge is 0.308 e. The third kappa shape index (κ3) is 6.05. The van der Waals surface area contributed by atoms with Gasteiger partial charge in [0, 0.05) is 6.42 Å². The summed E-state index contributed by atoms with van der Waals surface area (Å²) in [5, 5.41) is 8.40. The maximum atomic E-state index is 10.3. The Labute approximate surface area is 74.3 Å². The molecule has 1 amide bonds. The summed E-state index contributed by atoms with van der Waals surface area (Å²) in [7, 11) is -4.40. The number of carbonyl (C=O) groups is 2. The second-order valence-corrected chi connectivity index (χ2v) is 3.95. The predicted octanol–water partition coefficient (Wildman–Crippen LogP) is -1.55. The summed E-state index contributed by atoms with van der Waals surface area (Å²) in [6.45, 7) is 0. The van der Waals surface area contributed by atoms with E-state index in [1.54, 1.807) is 0 Å². The number of aliphatic carboxylic acids is 1. The number of nitrogens with two attached hydrogens (primary N) is 1. The molecule has 4 N–H and O–H groups in total. The first-order valence-electron chi connectivity index (χ1n) is 3.18. The fraction of sp³-hybridized carbons (Fsp3) is 0.600. The van der Waals surface area contributed by atoms with E-state index < -0.39 is 40.1 Å². The fourth-order valence-electron chi connectivity index (χ4n) is 0.715. The second kappa shape index (κ2) is 4.19. The predicted molar refractivity (Wildman–Crippen MR) is 41.4 cm³/mol. The van der Waals surface area contributed by atoms with Gasteiger partial charge in [0.1, 0.15) is 0 Å². The van der Waals surface area contributed by atoms with Gasteiger partial charge in [0.2, 0.25) is 5.91 Å². The molecule has 0 aromatic heterocycles. The summed E-state index contributed by atoms with van der Waals surface area (Å²) in [6, 6.07) is 0. The van der Waals surface area contributed by atoms with Crippen molar-refractivity contribution in [2.75, 3.05) is 5.75 Å². The van der Waals surface area contributed by atoms with Crippen molar-refractivity contribution in [2.24, 2.45) is 11.7 Å². The van der Waals surface area contributed by atoms with Gasteiger partial charge in [-0.15, -0.1) is 0 Å². The molecule has 13 heavy (non-hydrogen) atoms. The molecule has 7 nitrogen and oxygen atoms in total. The van der Waals surface area contributed by atoms with Crippen molar-refractivity contribution in [1.29, 1.82) is 0 Å². The monoisotopic (exact) mass is 211 g/mol. The first kappa shape index (κ1) is 11.8. The van der Waals surface area contributed by atoms with Crippen molar-refractivity contribution in [3.63, 3.8) is 0 Å². The van der Waals surface area contributed by atoms with Gasteiger partial charge in [0.05, 0.1) is 11.7 Å². The van der Waals surface area contributed by atoms with Gasteiger partial charge in [0.15, 0.2) is 0 Å². The van der Waals surface area contributed by atoms with Gasteiger partial charge in [-0.2, -0.15) is 8.42 Å². The molecule has 1 atom stereocenters. The van der Waals surface area contributed by atoms with Crippen LogP contribution in [0.25, 0.3) is 0 Å². The Hall–Kier alpha value is -1.15. The van der Waals surface area contributed by atoms with E-state index in [9.17, 15) is 18.0 Å². The maximum absolute atomic E-state index is 10.3. The summed E-state index contributed by atoms with van der Waals surface area (Å²) in [5.41, 5.74) is 4.67. The summed E-state index contributed by atoms with van der Waals surface area (Å²) < 4.78 is 28.8. The van der Waals surface area contributed by atoms with Gasteiger partial charge in [0.25, 0.3) is 10.1 Å². The second-order valence-electron chi connectivity index (χ2n) is 2.45. The topological polar surface area (TPSA) is 135 Å². The van der Waals surface area contributed by atoms with Crippen LogP contribution in [0.4, 0.5) is 0 Å². The van der Waals surface area contributed by atoms with E-state index in [1.807, 2.05) is 0 Å². The number of primary amides is 1. The van der Waals surface area contributed by atoms with Gasteiger partial charge in [-0.1, -0.05) is 0 Å². The minimum absolute atomic E-state index is 0.616. The highest BCUT2D eigenvalue weighted by molar-refractivity contribution is 7.85. The summed E-state index contributed by atoms with van der Waals surface area (Å²) in [5.74, 6) is -4.93. The zero-order valence-electron chi connectivity index (χ0n) is 6.50. The minimum Gasteiger partial charge on any atom is -0.481 e. The number of rotatable bonds is 5. The highest BCUT2D eigenvalue weighted by Crippen LogP contribution is 2.05. The molecule has 0 saturated heterocycles. The molecule has 76 valence electrons. The van der Waals surface area contributed by atoms with Crippen LogP contribution >= 0.6 is 0 Å². The minimum atomic E-state index is -4.40. The van der Waals surface area contributed by atoms with E-state index in [-0.39, 0.29) is 0 Å². The van der Waals surface area contributed by atoms with E-state index in [0.717, 1.165) is 0 Å². The van der Waals surface area contributed by atoms with Crippen LogP contribution < -0.4 is 5.73 Å². The third-order valence-corrected chi connectivity index (χ3v) is 2.03. The first-order valence-corrected chi connectivity index (χ1v) is 4.79. The quantitative estimate of drug-likeness (QED) is 0.471. The highest BCUT2D eigenvalue weighted by Gasteiger charge is 2.25. The van der Waals surface area contributed by atoms with Crippen LogP contribution in [0.2, 0.25) is 0 Å². The van der Waals surface area contributed by atoms with Crippen LogP contribution in [0.1, 0.15) is 6.42 Å². The Kier molecular flexibility index (Phi) is 3.82. The van der Waals surface area contributed by atoms with Crippen LogP contribution in [0, 0.1) is 5.92 Å². The standard InChI is InChI=1S/C5H9NO6S/c6-4(7)1-3(5(8)9)2-13(10,11)12/h3H,1-2H2,(H2,6,7)(H,8,9)(H,10,11,12)/t3-/m1/s1. The average molecular weight is 211 g/mol. The number of hydrogen-bond donors (Lipinski definition) is 3. The zero-order valence-corrected chi connectivity index (χ0v) is 7.32. The Bertz CT molecular complexity index is 307. The van der Waals surface area contributed by atoms with Gasteiger partial charge in [-0.05, 0) is 0 Å². The molecule has 0 heterocycles. The molecule has 0 aromatic rings. The van der Waals surface area contributed by atoms with E-state index in [1.165, 1.54) is 0 Å². The summed E-state index contributed by atoms with van der Waals surface area (Å²) >= 11 is 0. The lowest BCUT2D eigenvalue weighted by Gasteiger charge is -2.06. The lowest BCUT2D eigenvalue weighted by atomic mass is 10.1. The molecule has 0 rings (SSSR count). The van der Waals surface area contributed by atoms with E-state index in [0.29, 0.717) is 0 Å². The number of carboxylic acid groups (broad SMARTS) is 1. The van der Waals surface area contributed by atoms with Gasteiger partial charge < -0.3 is 10.8 Å². The third-order valence-electron chi connectivity index (χ3n) is 1.21. The lowest BCUT2D eigenvalue weighted by molar-refractivity contribution is -0.142. The van der Waals surface area contributed by atoms with E-state index in [4.69, 9.17) is 9.66 Å². The molecule has 0 unspecified atom stereocenters. The van der Waals surface area contributed by atoms with Crippen LogP contribution in [0.15, 0.2) is 0 Å². The van der Waals surface area contributed by atoms with Crippen LogP contribution in [0.3, 0.4) is 0 Å². The maximum Gasteiger partial charge on any atom is 0.308 e. The van der Waals surface area contributed by atoms with Crippen molar-refractivity contribution in [2.45, 2.75) is 6.42 Å². The molecule has 0 radical (unpaired) electrons. The molecule has 0 aromatic carbocycles. The van der Waals surface area contributed by atoms with Crippen LogP contribution in [-0.2, 0) is 19.7 Å². The van der Waals surface area contributed by atoms with Gasteiger partial charge in [-0.25, -0.2) is 0 Å². The van der Waals surface area contributed by atoms with Crippen LogP contribution in [0.5, 0.6) is 0 Å². The van der Waals surface area contributed by atoms with Crippen molar-refractivity contribution in [3.8, 4) is 0 Å². The first-order chi connectivity index (χ1) is 5.72. The zero-order chi connectivity index (χ0) is 10.6. The van der Waals surface area contributed by atoms with Crippen LogP contribution in [-0.4, -0.2) is 35.7 Å². The van der Waals surface area contributed by atoms with Gasteiger partial charge >= 0.3 is 5.97 Å². The molecule has 8 heteroatoms. The highest BCUT2D eigenvalue weighted by atomic mass is 32.2. The molecule has 0 aliphatic heterocycles. The number of carbonyl (C=O) groups excluding carboxylic acids is 1.